The van der Waals surface area contributed by atoms with E-state index in [0.717, 1.165) is 32.0 Å². The Kier molecular flexibility index (Phi) is 7.72. The molecular weight excluding hydrogens is 192 g/mol. The predicted octanol–water partition coefficient (Wildman–Crippen LogP) is 1.29. The minimum absolute atomic E-state index is 0.588. The molecule has 0 bridgehead atoms. The summed E-state index contributed by atoms with van der Waals surface area (Å²) in [4.78, 5) is 12.4. The van der Waals surface area contributed by atoms with Crippen molar-refractivity contribution in [1.29, 1.82) is 0 Å². The summed E-state index contributed by atoms with van der Waals surface area (Å²) in [6.07, 6.45) is 4.78. The van der Waals surface area contributed by atoms with Gasteiger partial charge in [0.05, 0.1) is 0 Å². The lowest BCUT2D eigenvalue weighted by molar-refractivity contribution is -0.131. The molecule has 0 aromatic carbocycles. The number of carboxylic acid groups (broad SMARTS) is 1. The van der Waals surface area contributed by atoms with E-state index in [-0.39, 0.29) is 0 Å². The average Bonchev–Trinajstić information content (AvgIpc) is 2.15. The van der Waals surface area contributed by atoms with Gasteiger partial charge in [0.1, 0.15) is 0 Å². The molecule has 88 valence electrons. The maximum Gasteiger partial charge on any atom is 0.329 e. The second kappa shape index (κ2) is 8.29. The largest absolute Gasteiger partial charge is 0.478 e. The Labute approximate surface area is 92.0 Å². The molecule has 0 amide bonds. The lowest BCUT2D eigenvalue weighted by atomic mass is 10.2. The smallest absolute Gasteiger partial charge is 0.329 e. The number of unbranched alkanes of at least 4 members (excludes halogenated alkanes) is 1. The minimum Gasteiger partial charge on any atom is -0.478 e. The first kappa shape index (κ1) is 14.0. The van der Waals surface area contributed by atoms with Crippen LogP contribution in [0.4, 0.5) is 0 Å². The molecule has 0 fully saturated rings. The number of hydrogen-bond donors (Lipinski definition) is 2. The highest BCUT2D eigenvalue weighted by atomic mass is 16.4. The molecular formula is C11H22N2O2. The van der Waals surface area contributed by atoms with E-state index in [2.05, 4.69) is 31.1 Å². The Balaban J connectivity index is 3.29. The van der Waals surface area contributed by atoms with Gasteiger partial charge in [-0.15, -0.1) is 0 Å². The van der Waals surface area contributed by atoms with Gasteiger partial charge >= 0.3 is 5.97 Å². The van der Waals surface area contributed by atoms with Crippen LogP contribution in [0.25, 0.3) is 0 Å². The van der Waals surface area contributed by atoms with Crippen molar-refractivity contribution in [2.45, 2.75) is 32.7 Å². The third-order valence-corrected chi connectivity index (χ3v) is 2.31. The number of rotatable bonds is 8. The van der Waals surface area contributed by atoms with Crippen LogP contribution in [0.15, 0.2) is 12.3 Å². The second-order valence-corrected chi connectivity index (χ2v) is 3.91. The topological polar surface area (TPSA) is 52.6 Å². The van der Waals surface area contributed by atoms with E-state index in [1.165, 1.54) is 6.20 Å². The maximum absolute atomic E-state index is 10.1. The van der Waals surface area contributed by atoms with Gasteiger partial charge in [0, 0.05) is 24.9 Å². The molecule has 0 atom stereocenters. The summed E-state index contributed by atoms with van der Waals surface area (Å²) in [6.45, 7) is 6.26. The molecule has 0 spiro atoms. The zero-order valence-electron chi connectivity index (χ0n) is 9.86. The second-order valence-electron chi connectivity index (χ2n) is 3.91. The van der Waals surface area contributed by atoms with E-state index in [1.807, 2.05) is 0 Å². The van der Waals surface area contributed by atoms with Gasteiger partial charge < -0.3 is 15.3 Å². The summed E-state index contributed by atoms with van der Waals surface area (Å²) in [7, 11) is 2.11. The molecule has 2 N–H and O–H groups in total. The van der Waals surface area contributed by atoms with E-state index in [9.17, 15) is 4.79 Å². The van der Waals surface area contributed by atoms with Crippen LogP contribution in [-0.2, 0) is 4.79 Å². The summed E-state index contributed by atoms with van der Waals surface area (Å²) in [5.41, 5.74) is 0. The van der Waals surface area contributed by atoms with E-state index in [0.29, 0.717) is 6.04 Å². The Morgan fingerprint density at radius 3 is 2.67 bits per heavy atom. The lowest BCUT2D eigenvalue weighted by Crippen LogP contribution is -2.27. The molecule has 0 radical (unpaired) electrons. The van der Waals surface area contributed by atoms with Gasteiger partial charge in [-0.05, 0) is 40.3 Å². The molecule has 0 aliphatic rings. The fraction of sp³-hybridized carbons (Fsp3) is 0.727. The fourth-order valence-electron chi connectivity index (χ4n) is 1.06. The number of nitrogens with zero attached hydrogens (tertiary/aromatic N) is 1. The molecule has 0 rings (SSSR count). The van der Waals surface area contributed by atoms with Crippen LogP contribution in [0.1, 0.15) is 26.7 Å². The van der Waals surface area contributed by atoms with Crippen LogP contribution in [0.2, 0.25) is 0 Å². The highest BCUT2D eigenvalue weighted by molar-refractivity contribution is 5.79. The molecule has 0 aliphatic heterocycles. The lowest BCUT2D eigenvalue weighted by Gasteiger charge is -2.20. The minimum atomic E-state index is -0.915. The van der Waals surface area contributed by atoms with Gasteiger partial charge in [-0.3, -0.25) is 0 Å². The Morgan fingerprint density at radius 2 is 2.13 bits per heavy atom. The summed E-state index contributed by atoms with van der Waals surface area (Å²) in [5.74, 6) is -0.915. The number of carbonyl (C=O) groups is 1. The Hall–Kier alpha value is -1.03. The standard InChI is InChI=1S/C11H22N2O2/c1-10(2)13(3)9-5-4-7-12-8-6-11(14)15/h6,8,10,12H,4-5,7,9H2,1-3H3,(H,14,15)/b8-6+. The molecule has 0 aliphatic carbocycles. The van der Waals surface area contributed by atoms with E-state index >= 15 is 0 Å². The summed E-state index contributed by atoms with van der Waals surface area (Å²) >= 11 is 0. The Bertz CT molecular complexity index is 203. The van der Waals surface area contributed by atoms with Crippen LogP contribution in [0.5, 0.6) is 0 Å². The number of carboxylic acids is 1. The first-order valence-electron chi connectivity index (χ1n) is 5.37. The highest BCUT2D eigenvalue weighted by Crippen LogP contribution is 1.97. The van der Waals surface area contributed by atoms with E-state index in [1.54, 1.807) is 0 Å². The molecule has 0 unspecified atom stereocenters. The number of hydrogen-bond acceptors (Lipinski definition) is 3. The molecule has 0 heterocycles. The molecule has 15 heavy (non-hydrogen) atoms. The van der Waals surface area contributed by atoms with Crippen molar-refractivity contribution >= 4 is 5.97 Å². The third kappa shape index (κ3) is 9.28. The number of aliphatic carboxylic acids is 1. The van der Waals surface area contributed by atoms with Crippen LogP contribution >= 0.6 is 0 Å². The van der Waals surface area contributed by atoms with Crippen molar-refractivity contribution in [2.75, 3.05) is 20.1 Å². The molecule has 4 nitrogen and oxygen atoms in total. The van der Waals surface area contributed by atoms with Crippen LogP contribution in [0.3, 0.4) is 0 Å². The molecule has 0 saturated heterocycles. The van der Waals surface area contributed by atoms with Crippen LogP contribution in [0, 0.1) is 0 Å². The summed E-state index contributed by atoms with van der Waals surface area (Å²) in [6, 6.07) is 0.588. The van der Waals surface area contributed by atoms with E-state index in [4.69, 9.17) is 5.11 Å². The summed E-state index contributed by atoms with van der Waals surface area (Å²) < 4.78 is 0. The molecule has 0 aromatic rings. The van der Waals surface area contributed by atoms with Crippen LogP contribution < -0.4 is 5.32 Å². The molecule has 4 heteroatoms. The monoisotopic (exact) mass is 214 g/mol. The number of nitrogens with one attached hydrogen (secondary N) is 1. The average molecular weight is 214 g/mol. The highest BCUT2D eigenvalue weighted by Gasteiger charge is 2.00. The molecule has 0 aromatic heterocycles. The van der Waals surface area contributed by atoms with Crippen molar-refractivity contribution in [3.8, 4) is 0 Å². The maximum atomic E-state index is 10.1. The van der Waals surface area contributed by atoms with Crippen molar-refractivity contribution in [1.82, 2.24) is 10.2 Å². The Morgan fingerprint density at radius 1 is 1.47 bits per heavy atom. The van der Waals surface area contributed by atoms with Gasteiger partial charge in [0.2, 0.25) is 0 Å². The third-order valence-electron chi connectivity index (χ3n) is 2.31. The predicted molar refractivity (Wildman–Crippen MR) is 61.8 cm³/mol. The van der Waals surface area contributed by atoms with Gasteiger partial charge in [-0.2, -0.15) is 0 Å². The van der Waals surface area contributed by atoms with Gasteiger partial charge in [0.25, 0.3) is 0 Å². The first-order chi connectivity index (χ1) is 7.04. The van der Waals surface area contributed by atoms with Gasteiger partial charge in [0.15, 0.2) is 0 Å². The van der Waals surface area contributed by atoms with Gasteiger partial charge in [-0.25, -0.2) is 4.79 Å². The van der Waals surface area contributed by atoms with Crippen molar-refractivity contribution in [3.63, 3.8) is 0 Å². The van der Waals surface area contributed by atoms with Gasteiger partial charge in [-0.1, -0.05) is 0 Å². The summed E-state index contributed by atoms with van der Waals surface area (Å²) in [5, 5.41) is 11.3. The van der Waals surface area contributed by atoms with Crippen molar-refractivity contribution in [3.05, 3.63) is 12.3 Å². The zero-order valence-corrected chi connectivity index (χ0v) is 9.86. The normalized spacial score (nSPS) is 11.5. The zero-order chi connectivity index (χ0) is 11.7. The quantitative estimate of drug-likeness (QED) is 0.472. The fourth-order valence-corrected chi connectivity index (χ4v) is 1.06. The van der Waals surface area contributed by atoms with Crippen molar-refractivity contribution < 1.29 is 9.90 Å². The SMILES string of the molecule is CC(C)N(C)CCCCN/C=C/C(=O)O. The van der Waals surface area contributed by atoms with E-state index < -0.39 is 5.97 Å². The van der Waals surface area contributed by atoms with Crippen molar-refractivity contribution in [2.24, 2.45) is 0 Å². The first-order valence-corrected chi connectivity index (χ1v) is 5.37. The molecule has 0 saturated carbocycles. The van der Waals surface area contributed by atoms with Crippen LogP contribution in [-0.4, -0.2) is 42.2 Å².